The number of hydrogen-bond donors (Lipinski definition) is 0. The Balaban J connectivity index is 2.40. The predicted molar refractivity (Wildman–Crippen MR) is 41.1 cm³/mol. The van der Waals surface area contributed by atoms with E-state index in [0.29, 0.717) is 12.0 Å². The van der Waals surface area contributed by atoms with E-state index >= 15 is 0 Å². The van der Waals surface area contributed by atoms with Crippen molar-refractivity contribution in [3.63, 3.8) is 0 Å². The normalized spacial score (nSPS) is 34.2. The molecule has 0 saturated carbocycles. The Hall–Kier alpha value is -1.12. The summed E-state index contributed by atoms with van der Waals surface area (Å²) in [4.78, 5) is 22.3. The number of fused-ring (bicyclic) bond motifs is 2. The summed E-state index contributed by atoms with van der Waals surface area (Å²) in [6, 6.07) is 0. The lowest BCUT2D eigenvalue weighted by Crippen LogP contribution is -2.40. The Morgan fingerprint density at radius 2 is 2.25 bits per heavy atom. The molecule has 2 bridgehead atoms. The highest BCUT2D eigenvalue weighted by Gasteiger charge is 2.44. The molecule has 1 aliphatic heterocycles. The van der Waals surface area contributed by atoms with Gasteiger partial charge in [-0.3, -0.25) is 4.79 Å². The molecule has 1 heterocycles. The van der Waals surface area contributed by atoms with Gasteiger partial charge in [-0.05, 0) is 26.2 Å². The molecule has 1 fully saturated rings. The molecule has 1 saturated heterocycles. The Labute approximate surface area is 70.4 Å². The van der Waals surface area contributed by atoms with Crippen LogP contribution in [-0.2, 0) is 14.3 Å². The van der Waals surface area contributed by atoms with Gasteiger partial charge in [0, 0.05) is 5.57 Å². The van der Waals surface area contributed by atoms with E-state index in [1.54, 1.807) is 0 Å². The van der Waals surface area contributed by atoms with Gasteiger partial charge in [-0.15, -0.1) is 0 Å². The van der Waals surface area contributed by atoms with Gasteiger partial charge >= 0.3 is 11.9 Å². The molecule has 0 spiro atoms. The van der Waals surface area contributed by atoms with Crippen LogP contribution in [-0.4, -0.2) is 11.9 Å². The molecule has 2 aliphatic rings. The van der Waals surface area contributed by atoms with Crippen LogP contribution in [0.3, 0.4) is 0 Å². The molecule has 3 heteroatoms. The van der Waals surface area contributed by atoms with Gasteiger partial charge in [0.25, 0.3) is 0 Å². The Morgan fingerprint density at radius 3 is 3.00 bits per heavy atom. The first-order valence-electron chi connectivity index (χ1n) is 4.07. The molecule has 64 valence electrons. The number of carbonyl (C=O) groups excluding carboxylic acids is 2. The highest BCUT2D eigenvalue weighted by molar-refractivity contribution is 6.01. The van der Waals surface area contributed by atoms with Crippen LogP contribution in [0.1, 0.15) is 26.2 Å². The average molecular weight is 166 g/mol. The van der Waals surface area contributed by atoms with Gasteiger partial charge in [0.05, 0.1) is 5.41 Å². The molecule has 1 atom stereocenters. The van der Waals surface area contributed by atoms with Crippen LogP contribution < -0.4 is 0 Å². The number of hydrogen-bond acceptors (Lipinski definition) is 3. The van der Waals surface area contributed by atoms with Crippen LogP contribution in [0.25, 0.3) is 0 Å². The summed E-state index contributed by atoms with van der Waals surface area (Å²) in [5.41, 5.74) is 0.237. The highest BCUT2D eigenvalue weighted by Crippen LogP contribution is 2.40. The van der Waals surface area contributed by atoms with Crippen molar-refractivity contribution in [3.8, 4) is 0 Å². The van der Waals surface area contributed by atoms with E-state index < -0.39 is 11.4 Å². The number of carbonyl (C=O) groups is 2. The predicted octanol–water partition coefficient (Wildman–Crippen LogP) is 1.19. The third-order valence-electron chi connectivity index (χ3n) is 2.61. The SMILES string of the molecule is CC12CCC=C(C1)C(=O)OC2=O. The van der Waals surface area contributed by atoms with Gasteiger partial charge in [-0.1, -0.05) is 6.08 Å². The van der Waals surface area contributed by atoms with E-state index in [2.05, 4.69) is 4.74 Å². The minimum Gasteiger partial charge on any atom is -0.389 e. The standard InChI is InChI=1S/C9H10O3/c1-9-4-2-3-6(5-9)7(10)12-8(9)11/h3H,2,4-5H2,1H3. The summed E-state index contributed by atoms with van der Waals surface area (Å²) in [5, 5.41) is 0. The van der Waals surface area contributed by atoms with Gasteiger partial charge in [0.15, 0.2) is 0 Å². The molecule has 1 unspecified atom stereocenters. The maximum absolute atomic E-state index is 11.3. The molecular formula is C9H10O3. The van der Waals surface area contributed by atoms with Gasteiger partial charge in [0.1, 0.15) is 0 Å². The van der Waals surface area contributed by atoms with Crippen molar-refractivity contribution < 1.29 is 14.3 Å². The summed E-state index contributed by atoms with van der Waals surface area (Å²) < 4.78 is 4.61. The van der Waals surface area contributed by atoms with Crippen molar-refractivity contribution in [3.05, 3.63) is 11.6 Å². The maximum Gasteiger partial charge on any atom is 0.341 e. The largest absolute Gasteiger partial charge is 0.389 e. The maximum atomic E-state index is 11.3. The summed E-state index contributed by atoms with van der Waals surface area (Å²) >= 11 is 0. The van der Waals surface area contributed by atoms with E-state index in [9.17, 15) is 9.59 Å². The summed E-state index contributed by atoms with van der Waals surface area (Å²) in [7, 11) is 0. The minimum atomic E-state index is -0.447. The molecule has 12 heavy (non-hydrogen) atoms. The Morgan fingerprint density at radius 1 is 1.50 bits per heavy atom. The molecule has 0 aromatic heterocycles. The van der Waals surface area contributed by atoms with Crippen LogP contribution in [0.4, 0.5) is 0 Å². The number of ether oxygens (including phenoxy) is 1. The zero-order valence-electron chi connectivity index (χ0n) is 6.92. The van der Waals surface area contributed by atoms with Crippen LogP contribution in [0.2, 0.25) is 0 Å². The van der Waals surface area contributed by atoms with Crippen molar-refractivity contribution in [1.29, 1.82) is 0 Å². The second-order valence-electron chi connectivity index (χ2n) is 3.68. The summed E-state index contributed by atoms with van der Waals surface area (Å²) in [5.74, 6) is -0.804. The molecule has 0 aromatic rings. The fourth-order valence-corrected chi connectivity index (χ4v) is 1.75. The zero-order chi connectivity index (χ0) is 8.77. The quantitative estimate of drug-likeness (QED) is 0.401. The topological polar surface area (TPSA) is 43.4 Å². The molecule has 0 amide bonds. The molecule has 2 rings (SSSR count). The molecular weight excluding hydrogens is 156 g/mol. The van der Waals surface area contributed by atoms with Crippen molar-refractivity contribution in [2.75, 3.05) is 0 Å². The van der Waals surface area contributed by atoms with Crippen molar-refractivity contribution in [2.45, 2.75) is 26.2 Å². The van der Waals surface area contributed by atoms with E-state index in [0.717, 1.165) is 12.8 Å². The first-order valence-corrected chi connectivity index (χ1v) is 4.07. The number of cyclic esters (lactones) is 2. The van der Waals surface area contributed by atoms with Gasteiger partial charge in [-0.2, -0.15) is 0 Å². The first kappa shape index (κ1) is 7.53. The van der Waals surface area contributed by atoms with Crippen LogP contribution >= 0.6 is 0 Å². The lowest BCUT2D eigenvalue weighted by Gasteiger charge is -2.34. The van der Waals surface area contributed by atoms with Crippen LogP contribution in [0.5, 0.6) is 0 Å². The summed E-state index contributed by atoms with van der Waals surface area (Å²) in [6.45, 7) is 1.86. The second kappa shape index (κ2) is 2.19. The fourth-order valence-electron chi connectivity index (χ4n) is 1.75. The fraction of sp³-hybridized carbons (Fsp3) is 0.556. The smallest absolute Gasteiger partial charge is 0.341 e. The van der Waals surface area contributed by atoms with Gasteiger partial charge in [0.2, 0.25) is 0 Å². The zero-order valence-corrected chi connectivity index (χ0v) is 6.92. The van der Waals surface area contributed by atoms with Crippen molar-refractivity contribution in [1.82, 2.24) is 0 Å². The third kappa shape index (κ3) is 0.891. The van der Waals surface area contributed by atoms with Gasteiger partial charge < -0.3 is 4.74 Å². The number of allylic oxidation sites excluding steroid dienone is 1. The van der Waals surface area contributed by atoms with Crippen molar-refractivity contribution in [2.24, 2.45) is 5.41 Å². The van der Waals surface area contributed by atoms with Gasteiger partial charge in [-0.25, -0.2) is 4.79 Å². The summed E-state index contributed by atoms with van der Waals surface area (Å²) in [6.07, 6.45) is 4.04. The van der Waals surface area contributed by atoms with E-state index in [1.807, 2.05) is 13.0 Å². The second-order valence-corrected chi connectivity index (χ2v) is 3.68. The minimum absolute atomic E-state index is 0.357. The molecule has 0 N–H and O–H groups in total. The lowest BCUT2D eigenvalue weighted by atomic mass is 9.74. The Bertz CT molecular complexity index is 290. The van der Waals surface area contributed by atoms with Crippen LogP contribution in [0, 0.1) is 5.41 Å². The number of rotatable bonds is 0. The molecule has 0 aromatic carbocycles. The Kier molecular flexibility index (Phi) is 1.37. The highest BCUT2D eigenvalue weighted by atomic mass is 16.6. The van der Waals surface area contributed by atoms with E-state index in [-0.39, 0.29) is 5.97 Å². The average Bonchev–Trinajstić information content (AvgIpc) is 2.02. The molecule has 3 nitrogen and oxygen atoms in total. The molecule has 0 radical (unpaired) electrons. The third-order valence-corrected chi connectivity index (χ3v) is 2.61. The monoisotopic (exact) mass is 166 g/mol. The van der Waals surface area contributed by atoms with Crippen LogP contribution in [0.15, 0.2) is 11.6 Å². The van der Waals surface area contributed by atoms with E-state index in [1.165, 1.54) is 0 Å². The number of esters is 2. The van der Waals surface area contributed by atoms with E-state index in [4.69, 9.17) is 0 Å². The van der Waals surface area contributed by atoms with Crippen molar-refractivity contribution >= 4 is 11.9 Å². The molecule has 1 aliphatic carbocycles. The first-order chi connectivity index (χ1) is 5.62. The lowest BCUT2D eigenvalue weighted by molar-refractivity contribution is -0.169.